The number of aromatic nitrogens is 2. The third-order valence-corrected chi connectivity index (χ3v) is 5.00. The molecule has 0 saturated carbocycles. The van der Waals surface area contributed by atoms with Gasteiger partial charge in [0.2, 0.25) is 0 Å². The SMILES string of the molecule is COc1ccc([C@H]2CC(c3ccccc3)=NN2C(=O)Cn2ccnc2C)cc1. The normalized spacial score (nSPS) is 16.1. The van der Waals surface area contributed by atoms with Crippen molar-refractivity contribution in [3.63, 3.8) is 0 Å². The topological polar surface area (TPSA) is 59.7 Å². The molecule has 0 radical (unpaired) electrons. The van der Waals surface area contributed by atoms with Gasteiger partial charge in [0.25, 0.3) is 5.91 Å². The summed E-state index contributed by atoms with van der Waals surface area (Å²) in [5, 5.41) is 6.32. The first kappa shape index (κ1) is 18.0. The zero-order valence-electron chi connectivity index (χ0n) is 15.9. The number of hydrazone groups is 1. The molecule has 142 valence electrons. The van der Waals surface area contributed by atoms with Crippen LogP contribution in [0.5, 0.6) is 5.75 Å². The van der Waals surface area contributed by atoms with Crippen molar-refractivity contribution in [2.45, 2.75) is 25.9 Å². The van der Waals surface area contributed by atoms with Crippen LogP contribution in [0.1, 0.15) is 29.4 Å². The molecule has 28 heavy (non-hydrogen) atoms. The summed E-state index contributed by atoms with van der Waals surface area (Å²) in [6.45, 7) is 2.10. The Labute approximate surface area is 164 Å². The zero-order chi connectivity index (χ0) is 19.5. The van der Waals surface area contributed by atoms with Gasteiger partial charge in [-0.1, -0.05) is 42.5 Å². The molecule has 1 amide bonds. The molecule has 6 heteroatoms. The summed E-state index contributed by atoms with van der Waals surface area (Å²) in [4.78, 5) is 17.3. The standard InChI is InChI=1S/C22H22N4O2/c1-16-23-12-13-25(16)15-22(27)26-21(18-8-10-19(28-2)11-9-18)14-20(24-26)17-6-4-3-5-7-17/h3-13,21H,14-15H2,1-2H3/t21-/m1/s1. The lowest BCUT2D eigenvalue weighted by molar-refractivity contribution is -0.133. The summed E-state index contributed by atoms with van der Waals surface area (Å²) in [6, 6.07) is 17.7. The van der Waals surface area contributed by atoms with Gasteiger partial charge in [-0.3, -0.25) is 4.79 Å². The predicted octanol–water partition coefficient (Wildman–Crippen LogP) is 3.58. The van der Waals surface area contributed by atoms with Crippen molar-refractivity contribution in [1.82, 2.24) is 14.6 Å². The summed E-state index contributed by atoms with van der Waals surface area (Å²) < 4.78 is 7.10. The molecule has 0 saturated heterocycles. The van der Waals surface area contributed by atoms with Crippen molar-refractivity contribution in [2.75, 3.05) is 7.11 Å². The maximum Gasteiger partial charge on any atom is 0.263 e. The number of benzene rings is 2. The first-order valence-corrected chi connectivity index (χ1v) is 9.22. The number of ether oxygens (including phenoxy) is 1. The van der Waals surface area contributed by atoms with E-state index in [1.54, 1.807) is 18.3 Å². The van der Waals surface area contributed by atoms with Gasteiger partial charge in [0.15, 0.2) is 0 Å². The Kier molecular flexibility index (Phi) is 4.93. The van der Waals surface area contributed by atoms with Gasteiger partial charge in [0.1, 0.15) is 18.1 Å². The van der Waals surface area contributed by atoms with Crippen LogP contribution in [0.2, 0.25) is 0 Å². The van der Waals surface area contributed by atoms with E-state index in [9.17, 15) is 4.79 Å². The lowest BCUT2D eigenvalue weighted by atomic mass is 9.98. The Morgan fingerprint density at radius 3 is 2.54 bits per heavy atom. The number of imidazole rings is 1. The largest absolute Gasteiger partial charge is 0.497 e. The van der Waals surface area contributed by atoms with Crippen LogP contribution in [0.15, 0.2) is 72.1 Å². The summed E-state index contributed by atoms with van der Waals surface area (Å²) in [5.74, 6) is 1.53. The van der Waals surface area contributed by atoms with Crippen LogP contribution in [0.25, 0.3) is 0 Å². The highest BCUT2D eigenvalue weighted by Gasteiger charge is 2.33. The number of carbonyl (C=O) groups excluding carboxylic acids is 1. The third kappa shape index (κ3) is 3.53. The van der Waals surface area contributed by atoms with Crippen molar-refractivity contribution < 1.29 is 9.53 Å². The van der Waals surface area contributed by atoms with E-state index < -0.39 is 0 Å². The van der Waals surface area contributed by atoms with Gasteiger partial charge in [-0.2, -0.15) is 5.10 Å². The van der Waals surface area contributed by atoms with Crippen LogP contribution in [-0.4, -0.2) is 33.3 Å². The zero-order valence-corrected chi connectivity index (χ0v) is 15.9. The van der Waals surface area contributed by atoms with E-state index in [1.807, 2.05) is 72.3 Å². The smallest absolute Gasteiger partial charge is 0.263 e. The Hall–Kier alpha value is -3.41. The van der Waals surface area contributed by atoms with Gasteiger partial charge in [0, 0.05) is 18.8 Å². The second-order valence-corrected chi connectivity index (χ2v) is 6.75. The van der Waals surface area contributed by atoms with Gasteiger partial charge in [-0.25, -0.2) is 9.99 Å². The lowest BCUT2D eigenvalue weighted by Crippen LogP contribution is -2.30. The van der Waals surface area contributed by atoms with E-state index in [0.717, 1.165) is 28.4 Å². The molecule has 1 aromatic heterocycles. The van der Waals surface area contributed by atoms with Gasteiger partial charge in [-0.15, -0.1) is 0 Å². The molecular formula is C22H22N4O2. The molecule has 6 nitrogen and oxygen atoms in total. The quantitative estimate of drug-likeness (QED) is 0.686. The van der Waals surface area contributed by atoms with Crippen molar-refractivity contribution >= 4 is 11.6 Å². The van der Waals surface area contributed by atoms with Crippen molar-refractivity contribution in [2.24, 2.45) is 5.10 Å². The first-order valence-electron chi connectivity index (χ1n) is 9.22. The monoisotopic (exact) mass is 374 g/mol. The molecule has 2 aromatic carbocycles. The van der Waals surface area contributed by atoms with Crippen LogP contribution >= 0.6 is 0 Å². The second kappa shape index (κ2) is 7.68. The molecule has 1 aliphatic heterocycles. The molecule has 2 heterocycles. The highest BCUT2D eigenvalue weighted by atomic mass is 16.5. The molecule has 4 rings (SSSR count). The maximum absolute atomic E-state index is 13.1. The average Bonchev–Trinajstić information content (AvgIpc) is 3.35. The van der Waals surface area contributed by atoms with Crippen molar-refractivity contribution in [1.29, 1.82) is 0 Å². The fourth-order valence-electron chi connectivity index (χ4n) is 3.42. The predicted molar refractivity (Wildman–Crippen MR) is 107 cm³/mol. The number of methoxy groups -OCH3 is 1. The Balaban J connectivity index is 1.65. The maximum atomic E-state index is 13.1. The third-order valence-electron chi connectivity index (χ3n) is 5.00. The molecule has 1 atom stereocenters. The average molecular weight is 374 g/mol. The van der Waals surface area contributed by atoms with Crippen molar-refractivity contribution in [3.05, 3.63) is 83.9 Å². The summed E-state index contributed by atoms with van der Waals surface area (Å²) >= 11 is 0. The van der Waals surface area contributed by atoms with Crippen LogP contribution in [0.4, 0.5) is 0 Å². The fourth-order valence-corrected chi connectivity index (χ4v) is 3.42. The molecule has 0 unspecified atom stereocenters. The number of nitrogens with zero attached hydrogens (tertiary/aromatic N) is 4. The molecule has 0 fully saturated rings. The van der Waals surface area contributed by atoms with Gasteiger partial charge in [-0.05, 0) is 30.2 Å². The second-order valence-electron chi connectivity index (χ2n) is 6.75. The van der Waals surface area contributed by atoms with Gasteiger partial charge < -0.3 is 9.30 Å². The number of rotatable bonds is 5. The van der Waals surface area contributed by atoms with Crippen LogP contribution in [0, 0.1) is 6.92 Å². The molecule has 0 N–H and O–H groups in total. The fraction of sp³-hybridized carbons (Fsp3) is 0.227. The first-order chi connectivity index (χ1) is 13.7. The van der Waals surface area contributed by atoms with E-state index in [2.05, 4.69) is 4.98 Å². The van der Waals surface area contributed by atoms with E-state index in [0.29, 0.717) is 6.42 Å². The van der Waals surface area contributed by atoms with Crippen LogP contribution < -0.4 is 4.74 Å². The number of carbonyl (C=O) groups is 1. The minimum absolute atomic E-state index is 0.0622. The minimum Gasteiger partial charge on any atom is -0.497 e. The molecular weight excluding hydrogens is 352 g/mol. The number of hydrogen-bond acceptors (Lipinski definition) is 4. The van der Waals surface area contributed by atoms with Gasteiger partial charge in [0.05, 0.1) is 18.9 Å². The molecule has 0 aliphatic carbocycles. The minimum atomic E-state index is -0.141. The number of aryl methyl sites for hydroxylation is 1. The van der Waals surface area contributed by atoms with Gasteiger partial charge >= 0.3 is 0 Å². The number of amides is 1. The molecule has 0 spiro atoms. The summed E-state index contributed by atoms with van der Waals surface area (Å²) in [6.07, 6.45) is 4.19. The van der Waals surface area contributed by atoms with E-state index >= 15 is 0 Å². The highest BCUT2D eigenvalue weighted by molar-refractivity contribution is 6.03. The van der Waals surface area contributed by atoms with E-state index in [-0.39, 0.29) is 18.5 Å². The summed E-state index contributed by atoms with van der Waals surface area (Å²) in [7, 11) is 1.64. The Morgan fingerprint density at radius 1 is 1.14 bits per heavy atom. The molecule has 1 aliphatic rings. The van der Waals surface area contributed by atoms with E-state index in [4.69, 9.17) is 9.84 Å². The van der Waals surface area contributed by atoms with Crippen LogP contribution in [0.3, 0.4) is 0 Å². The molecule has 3 aromatic rings. The van der Waals surface area contributed by atoms with Crippen LogP contribution in [-0.2, 0) is 11.3 Å². The Bertz CT molecular complexity index is 993. The number of hydrogen-bond donors (Lipinski definition) is 0. The molecule has 0 bridgehead atoms. The lowest BCUT2D eigenvalue weighted by Gasteiger charge is -2.22. The summed E-state index contributed by atoms with van der Waals surface area (Å²) in [5.41, 5.74) is 2.98. The van der Waals surface area contributed by atoms with Crippen molar-refractivity contribution in [3.8, 4) is 5.75 Å². The Morgan fingerprint density at radius 2 is 1.89 bits per heavy atom. The van der Waals surface area contributed by atoms with E-state index in [1.165, 1.54) is 0 Å². The highest BCUT2D eigenvalue weighted by Crippen LogP contribution is 2.33.